The molecule has 1 aromatic heterocycles. The van der Waals surface area contributed by atoms with Crippen molar-refractivity contribution in [2.45, 2.75) is 38.9 Å². The second-order valence-corrected chi connectivity index (χ2v) is 9.98. The Morgan fingerprint density at radius 3 is 2.76 bits per heavy atom. The number of benzene rings is 1. The van der Waals surface area contributed by atoms with Crippen molar-refractivity contribution < 1.29 is 23.9 Å². The number of carbonyl (C=O) groups is 3. The average molecular weight is 524 g/mol. The number of rotatable bonds is 14. The van der Waals surface area contributed by atoms with Gasteiger partial charge in [0.05, 0.1) is 23.9 Å². The number of nitrogens with zero attached hydrogens (tertiary/aromatic N) is 3. The van der Waals surface area contributed by atoms with Gasteiger partial charge in [0.1, 0.15) is 18.8 Å². The van der Waals surface area contributed by atoms with Crippen LogP contribution < -0.4 is 15.4 Å². The first kappa shape index (κ1) is 27.7. The van der Waals surface area contributed by atoms with E-state index in [2.05, 4.69) is 21.6 Å². The summed E-state index contributed by atoms with van der Waals surface area (Å²) in [6, 6.07) is 5.84. The number of hydrogen-bond acceptors (Lipinski definition) is 8. The van der Waals surface area contributed by atoms with Crippen molar-refractivity contribution in [1.82, 2.24) is 25.4 Å². The Labute approximate surface area is 223 Å². The fourth-order valence-corrected chi connectivity index (χ4v) is 5.39. The molecule has 0 saturated carbocycles. The Balaban J connectivity index is 1.67. The topological polar surface area (TPSA) is 113 Å². The van der Waals surface area contributed by atoms with Gasteiger partial charge in [0.15, 0.2) is 0 Å². The average Bonchev–Trinajstić information content (AvgIpc) is 3.26. The van der Waals surface area contributed by atoms with Gasteiger partial charge in [-0.3, -0.25) is 19.9 Å². The van der Waals surface area contributed by atoms with E-state index in [-0.39, 0.29) is 24.5 Å². The van der Waals surface area contributed by atoms with E-state index < -0.39 is 0 Å². The quantitative estimate of drug-likeness (QED) is 0.219. The van der Waals surface area contributed by atoms with Gasteiger partial charge in [0, 0.05) is 55.7 Å². The summed E-state index contributed by atoms with van der Waals surface area (Å²) in [5.74, 6) is 0.386. The van der Waals surface area contributed by atoms with Crippen molar-refractivity contribution >= 4 is 29.5 Å². The van der Waals surface area contributed by atoms with E-state index in [4.69, 9.17) is 14.5 Å². The summed E-state index contributed by atoms with van der Waals surface area (Å²) in [6.45, 7) is 4.72. The molecule has 2 N–H and O–H groups in total. The monoisotopic (exact) mass is 523 g/mol. The number of fused-ring (bicyclic) bond motifs is 4. The summed E-state index contributed by atoms with van der Waals surface area (Å²) in [7, 11) is 5.59. The summed E-state index contributed by atoms with van der Waals surface area (Å²) in [6.07, 6.45) is 2.85. The first-order valence-electron chi connectivity index (χ1n) is 13.0. The van der Waals surface area contributed by atoms with E-state index in [0.717, 1.165) is 45.3 Å². The Kier molecular flexibility index (Phi) is 9.09. The number of aldehydes is 1. The summed E-state index contributed by atoms with van der Waals surface area (Å²) < 4.78 is 11.4. The van der Waals surface area contributed by atoms with Gasteiger partial charge in [0.25, 0.3) is 5.91 Å². The maximum absolute atomic E-state index is 13.6. The highest BCUT2D eigenvalue weighted by atomic mass is 16.5. The first-order valence-corrected chi connectivity index (χ1v) is 13.0. The third-order valence-electron chi connectivity index (χ3n) is 7.21. The van der Waals surface area contributed by atoms with Crippen LogP contribution in [0, 0.1) is 5.92 Å². The standard InChI is InChI=1S/C28H37N5O5/c1-5-18(14-34)20-11-25-27-19(12-33(25)28(36)23(20)15-37-4)10-21-22(13-32(2)3)26(7-6-24(21)31-27)38-17-30-9-8-29-16-35/h6-7,10,14,16,18,25,30H,5,8-9,11-13,15,17H2,1-4H3,(H,29,35). The molecule has 0 aliphatic carbocycles. The van der Waals surface area contributed by atoms with Crippen molar-refractivity contribution in [1.29, 1.82) is 0 Å². The van der Waals surface area contributed by atoms with E-state index in [1.807, 2.05) is 38.1 Å². The van der Waals surface area contributed by atoms with Crippen LogP contribution in [0.15, 0.2) is 29.3 Å². The number of nitrogens with one attached hydrogen (secondary N) is 2. The molecule has 4 rings (SSSR count). The Bertz CT molecular complexity index is 1230. The fourth-order valence-electron chi connectivity index (χ4n) is 5.39. The molecule has 2 aliphatic rings. The molecule has 0 fully saturated rings. The van der Waals surface area contributed by atoms with Crippen LogP contribution >= 0.6 is 0 Å². The molecule has 38 heavy (non-hydrogen) atoms. The molecule has 10 heteroatoms. The van der Waals surface area contributed by atoms with Crippen LogP contribution in [0.5, 0.6) is 5.75 Å². The lowest BCUT2D eigenvalue weighted by molar-refractivity contribution is -0.131. The number of pyridine rings is 1. The normalized spacial score (nSPS) is 17.6. The SMILES string of the molecule is CCC(C=O)C1=C(COC)C(=O)N2Cc3cc4c(CN(C)C)c(OCNCCNC=O)ccc4nc3C2C1. The van der Waals surface area contributed by atoms with E-state index in [9.17, 15) is 14.4 Å². The molecule has 3 heterocycles. The number of ether oxygens (including phenoxy) is 2. The van der Waals surface area contributed by atoms with Crippen molar-refractivity contribution in [3.63, 3.8) is 0 Å². The molecule has 1 aromatic carbocycles. The zero-order chi connectivity index (χ0) is 27.2. The van der Waals surface area contributed by atoms with E-state index in [1.165, 1.54) is 0 Å². The van der Waals surface area contributed by atoms with Gasteiger partial charge < -0.3 is 29.4 Å². The van der Waals surface area contributed by atoms with Crippen LogP contribution in [0.3, 0.4) is 0 Å². The van der Waals surface area contributed by atoms with Gasteiger partial charge in [-0.1, -0.05) is 6.92 Å². The molecular weight excluding hydrogens is 486 g/mol. The smallest absolute Gasteiger partial charge is 0.252 e. The molecule has 10 nitrogen and oxygen atoms in total. The number of carbonyl (C=O) groups excluding carboxylic acids is 3. The van der Waals surface area contributed by atoms with Crippen LogP contribution in [-0.4, -0.2) is 81.0 Å². The molecule has 0 radical (unpaired) electrons. The predicted molar refractivity (Wildman–Crippen MR) is 143 cm³/mol. The van der Waals surface area contributed by atoms with E-state index in [1.54, 1.807) is 7.11 Å². The largest absolute Gasteiger partial charge is 0.478 e. The number of aromatic nitrogens is 1. The number of amides is 2. The van der Waals surface area contributed by atoms with Gasteiger partial charge in [0.2, 0.25) is 6.41 Å². The minimum Gasteiger partial charge on any atom is -0.478 e. The summed E-state index contributed by atoms with van der Waals surface area (Å²) >= 11 is 0. The number of methoxy groups -OCH3 is 1. The maximum Gasteiger partial charge on any atom is 0.252 e. The van der Waals surface area contributed by atoms with E-state index in [0.29, 0.717) is 57.7 Å². The zero-order valence-corrected chi connectivity index (χ0v) is 22.6. The van der Waals surface area contributed by atoms with Crippen molar-refractivity contribution in [2.75, 3.05) is 47.6 Å². The Hall–Kier alpha value is -3.34. The van der Waals surface area contributed by atoms with Crippen LogP contribution in [-0.2, 0) is 32.2 Å². The molecule has 2 amide bonds. The molecule has 2 aliphatic heterocycles. The summed E-state index contributed by atoms with van der Waals surface area (Å²) in [5, 5.41) is 6.77. The lowest BCUT2D eigenvalue weighted by atomic mass is 9.84. The minimum atomic E-state index is -0.301. The van der Waals surface area contributed by atoms with Crippen LogP contribution in [0.1, 0.15) is 42.6 Å². The van der Waals surface area contributed by atoms with Crippen LogP contribution in [0.25, 0.3) is 10.9 Å². The molecule has 2 unspecified atom stereocenters. The highest BCUT2D eigenvalue weighted by molar-refractivity contribution is 5.97. The predicted octanol–water partition coefficient (Wildman–Crippen LogP) is 1.92. The van der Waals surface area contributed by atoms with Gasteiger partial charge in [-0.05, 0) is 56.3 Å². The molecule has 204 valence electrons. The van der Waals surface area contributed by atoms with Crippen LogP contribution in [0.4, 0.5) is 0 Å². The van der Waals surface area contributed by atoms with Gasteiger partial charge >= 0.3 is 0 Å². The lowest BCUT2D eigenvalue weighted by Gasteiger charge is -2.34. The maximum atomic E-state index is 13.6. The lowest BCUT2D eigenvalue weighted by Crippen LogP contribution is -2.38. The third kappa shape index (κ3) is 5.57. The highest BCUT2D eigenvalue weighted by Crippen LogP contribution is 2.45. The summed E-state index contributed by atoms with van der Waals surface area (Å²) in [4.78, 5) is 44.8. The number of hydrogen-bond donors (Lipinski definition) is 2. The van der Waals surface area contributed by atoms with E-state index >= 15 is 0 Å². The highest BCUT2D eigenvalue weighted by Gasteiger charge is 2.42. The second kappa shape index (κ2) is 12.5. The fraction of sp³-hybridized carbons (Fsp3) is 0.500. The molecule has 0 saturated heterocycles. The van der Waals surface area contributed by atoms with Gasteiger partial charge in [-0.2, -0.15) is 0 Å². The zero-order valence-electron chi connectivity index (χ0n) is 22.6. The first-order chi connectivity index (χ1) is 18.4. The van der Waals surface area contributed by atoms with Crippen LogP contribution in [0.2, 0.25) is 0 Å². The minimum absolute atomic E-state index is 0.0758. The molecule has 2 aromatic rings. The third-order valence-corrected chi connectivity index (χ3v) is 7.21. The van der Waals surface area contributed by atoms with Crippen molar-refractivity contribution in [3.05, 3.63) is 46.2 Å². The molecule has 2 atom stereocenters. The molecular formula is C28H37N5O5. The van der Waals surface area contributed by atoms with Crippen molar-refractivity contribution in [2.24, 2.45) is 5.92 Å². The van der Waals surface area contributed by atoms with Gasteiger partial charge in [-0.25, -0.2) is 0 Å². The summed E-state index contributed by atoms with van der Waals surface area (Å²) in [5.41, 5.74) is 5.26. The Morgan fingerprint density at radius 2 is 2.08 bits per heavy atom. The molecule has 0 bridgehead atoms. The van der Waals surface area contributed by atoms with Gasteiger partial charge in [-0.15, -0.1) is 0 Å². The van der Waals surface area contributed by atoms with Crippen molar-refractivity contribution in [3.8, 4) is 5.75 Å². The second-order valence-electron chi connectivity index (χ2n) is 9.98. The Morgan fingerprint density at radius 1 is 1.26 bits per heavy atom. The molecule has 0 spiro atoms.